The minimum Gasteiger partial charge on any atom is -0.497 e. The Morgan fingerprint density at radius 2 is 0.635 bits per heavy atom. The summed E-state index contributed by atoms with van der Waals surface area (Å²) in [6.07, 6.45) is 2.80. The Morgan fingerprint density at radius 3 is 1.01 bits per heavy atom. The van der Waals surface area contributed by atoms with Crippen molar-refractivity contribution in [1.29, 1.82) is 0 Å². The summed E-state index contributed by atoms with van der Waals surface area (Å²) in [6, 6.07) is 75.5. The van der Waals surface area contributed by atoms with Crippen molar-refractivity contribution in [2.24, 2.45) is 0 Å². The number of carbonyl (C=O) groups is 4. The van der Waals surface area contributed by atoms with E-state index in [0.717, 1.165) is 101 Å². The van der Waals surface area contributed by atoms with E-state index in [9.17, 15) is 19.2 Å². The molecular weight excluding hydrogens is 1850 g/mol. The summed E-state index contributed by atoms with van der Waals surface area (Å²) < 4.78 is 97.0. The number of ether oxygens (including phenoxy) is 17. The lowest BCUT2D eigenvalue weighted by atomic mass is 9.91. The Bertz CT molecular complexity index is 5860. The molecule has 12 aromatic carbocycles. The quantitative estimate of drug-likeness (QED) is 0.0423. The van der Waals surface area contributed by atoms with Crippen LogP contribution in [0.2, 0.25) is 10.0 Å². The highest BCUT2D eigenvalue weighted by Crippen LogP contribution is 2.46. The van der Waals surface area contributed by atoms with Crippen LogP contribution in [0.25, 0.3) is 0 Å². The number of hydrogen-bond donors (Lipinski definition) is 0. The summed E-state index contributed by atoms with van der Waals surface area (Å²) in [5, 5.41) is 1.04. The van der Waals surface area contributed by atoms with Gasteiger partial charge in [-0.25, -0.2) is 4.79 Å². The SMILES string of the molecule is COc1cc2c(cc1OC)C(COc1ccc(OCc3ccccc3)cc1)N(C(=O)c1cccc(Cl)c1)CC2.COc1ccc(OCC2c3c(cc(OC)cc3OC)CCN2C(=O)c2cccc(Br)c2)cc1.COc1ccc(OCC2c3c(cc(OC)cc3OC)CCN2C(=O)c2cccc(Cl)c2)cc1.COc1ccc(OCC2c3cc(OC)c(OC)cc3CCN2C(=O)N2CCOCC2)cc1. The predicted octanol–water partition coefficient (Wildman–Crippen LogP) is 20.4. The third-order valence-electron chi connectivity index (χ3n) is 24.4. The van der Waals surface area contributed by atoms with E-state index < -0.39 is 0 Å². The highest BCUT2D eigenvalue weighted by molar-refractivity contribution is 9.10. The Labute approximate surface area is 817 Å². The van der Waals surface area contributed by atoms with Crippen LogP contribution in [0.5, 0.6) is 92.0 Å². The smallest absolute Gasteiger partial charge is 0.320 e. The Hall–Kier alpha value is -13.9. The van der Waals surface area contributed by atoms with Gasteiger partial charge in [0, 0.05) is 93.7 Å². The number of fused-ring (bicyclic) bond motifs is 4. The van der Waals surface area contributed by atoms with Crippen LogP contribution in [0.15, 0.2) is 253 Å². The topological polar surface area (TPSA) is 241 Å². The zero-order valence-electron chi connectivity index (χ0n) is 78.4. The maximum Gasteiger partial charge on any atom is 0.320 e. The molecule has 26 nitrogen and oxygen atoms in total. The van der Waals surface area contributed by atoms with E-state index in [2.05, 4.69) is 15.9 Å². The highest BCUT2D eigenvalue weighted by atomic mass is 79.9. The normalized spacial score (nSPS) is 15.5. The summed E-state index contributed by atoms with van der Waals surface area (Å²) in [5.41, 5.74) is 11.1. The van der Waals surface area contributed by atoms with Crippen LogP contribution in [0.4, 0.5) is 4.79 Å². The fraction of sp³-hybridized carbons (Fsp3) is 0.296. The van der Waals surface area contributed by atoms with Gasteiger partial charge in [-0.3, -0.25) is 14.4 Å². The molecule has 0 aromatic heterocycles. The number of urea groups is 1. The number of morpholine rings is 1. The van der Waals surface area contributed by atoms with Gasteiger partial charge < -0.3 is 105 Å². The molecule has 4 atom stereocenters. The molecule has 29 heteroatoms. The van der Waals surface area contributed by atoms with E-state index in [1.807, 2.05) is 225 Å². The number of methoxy groups -OCH3 is 11. The molecule has 0 aliphatic carbocycles. The number of halogens is 3. The van der Waals surface area contributed by atoms with Gasteiger partial charge in [0.15, 0.2) is 23.0 Å². The van der Waals surface area contributed by atoms with Crippen molar-refractivity contribution in [1.82, 2.24) is 24.5 Å². The second kappa shape index (κ2) is 48.0. The first-order valence-electron chi connectivity index (χ1n) is 44.8. The van der Waals surface area contributed by atoms with Gasteiger partial charge in [0.2, 0.25) is 0 Å². The Kier molecular flexibility index (Phi) is 34.8. The molecule has 5 aliphatic heterocycles. The maximum absolute atomic E-state index is 13.6. The van der Waals surface area contributed by atoms with Gasteiger partial charge in [0.05, 0.1) is 116 Å². The summed E-state index contributed by atoms with van der Waals surface area (Å²) in [6.45, 7) is 6.18. The zero-order chi connectivity index (χ0) is 96.4. The van der Waals surface area contributed by atoms with Crippen LogP contribution in [-0.4, -0.2) is 205 Å². The van der Waals surface area contributed by atoms with Gasteiger partial charge in [-0.15, -0.1) is 0 Å². The Morgan fingerprint density at radius 1 is 0.307 bits per heavy atom. The molecule has 5 amide bonds. The lowest BCUT2D eigenvalue weighted by molar-refractivity contribution is 0.0346. The molecule has 1 fully saturated rings. The van der Waals surface area contributed by atoms with Gasteiger partial charge in [0.25, 0.3) is 17.7 Å². The summed E-state index contributed by atoms with van der Waals surface area (Å²) in [4.78, 5) is 63.4. The van der Waals surface area contributed by atoms with Crippen molar-refractivity contribution in [2.45, 2.75) is 56.5 Å². The number of amides is 5. The van der Waals surface area contributed by atoms with Crippen molar-refractivity contribution in [3.05, 3.63) is 330 Å². The Balaban J connectivity index is 0.000000146. The van der Waals surface area contributed by atoms with Crippen molar-refractivity contribution >= 4 is 62.9 Å². The molecule has 0 radical (unpaired) electrons. The van der Waals surface area contributed by atoms with E-state index in [-0.39, 0.29) is 67.7 Å². The molecule has 5 heterocycles. The van der Waals surface area contributed by atoms with Crippen LogP contribution < -0.4 is 75.8 Å². The van der Waals surface area contributed by atoms with Crippen molar-refractivity contribution < 1.29 is 99.7 Å². The highest BCUT2D eigenvalue weighted by Gasteiger charge is 2.40. The molecule has 137 heavy (non-hydrogen) atoms. The minimum absolute atomic E-state index is 0.0112. The van der Waals surface area contributed by atoms with E-state index >= 15 is 0 Å². The van der Waals surface area contributed by atoms with Crippen molar-refractivity contribution in [3.8, 4) is 92.0 Å². The van der Waals surface area contributed by atoms with E-state index in [1.54, 1.807) is 127 Å². The van der Waals surface area contributed by atoms with Gasteiger partial charge in [-0.1, -0.05) is 87.7 Å². The molecule has 12 aromatic rings. The maximum atomic E-state index is 13.6. The van der Waals surface area contributed by atoms with Gasteiger partial charge >= 0.3 is 6.03 Å². The molecule has 716 valence electrons. The average molecular weight is 1970 g/mol. The molecule has 1 saturated heterocycles. The molecule has 5 aliphatic rings. The first-order chi connectivity index (χ1) is 66.8. The number of hydrogen-bond acceptors (Lipinski definition) is 21. The summed E-state index contributed by atoms with van der Waals surface area (Å²) in [7, 11) is 17.9. The first-order valence-corrected chi connectivity index (χ1v) is 46.3. The molecular formula is C108H112BrCl2N5O21. The molecule has 17 rings (SSSR count). The van der Waals surface area contributed by atoms with Crippen LogP contribution in [0.1, 0.15) is 105 Å². The van der Waals surface area contributed by atoms with E-state index in [0.29, 0.717) is 163 Å². The number of rotatable bonds is 29. The van der Waals surface area contributed by atoms with Crippen LogP contribution in [0.3, 0.4) is 0 Å². The molecule has 0 N–H and O–H groups in total. The zero-order valence-corrected chi connectivity index (χ0v) is 81.5. The van der Waals surface area contributed by atoms with Gasteiger partial charge in [-0.05, 0) is 253 Å². The molecule has 0 bridgehead atoms. The predicted molar refractivity (Wildman–Crippen MR) is 527 cm³/mol. The van der Waals surface area contributed by atoms with Crippen molar-refractivity contribution in [2.75, 3.05) is 157 Å². The largest absolute Gasteiger partial charge is 0.497 e. The van der Waals surface area contributed by atoms with Crippen LogP contribution in [-0.2, 0) is 37.0 Å². The molecule has 0 saturated carbocycles. The monoisotopic (exact) mass is 1960 g/mol. The lowest BCUT2D eigenvalue weighted by Crippen LogP contribution is -2.52. The van der Waals surface area contributed by atoms with E-state index in [4.69, 9.17) is 104 Å². The molecule has 0 spiro atoms. The van der Waals surface area contributed by atoms with Gasteiger partial charge in [0.1, 0.15) is 102 Å². The first kappa shape index (κ1) is 99.1. The lowest BCUT2D eigenvalue weighted by Gasteiger charge is -2.41. The van der Waals surface area contributed by atoms with Crippen molar-refractivity contribution in [3.63, 3.8) is 0 Å². The molecule has 4 unspecified atom stereocenters. The third-order valence-corrected chi connectivity index (χ3v) is 25.4. The third kappa shape index (κ3) is 24.7. The number of benzene rings is 12. The van der Waals surface area contributed by atoms with E-state index in [1.165, 1.54) is 0 Å². The summed E-state index contributed by atoms with van der Waals surface area (Å²) in [5.74, 6) is 10.9. The van der Waals surface area contributed by atoms with Crippen LogP contribution >= 0.6 is 39.1 Å². The second-order valence-corrected chi connectivity index (χ2v) is 34.1. The minimum atomic E-state index is -0.358. The number of nitrogens with zero attached hydrogens (tertiary/aromatic N) is 5. The summed E-state index contributed by atoms with van der Waals surface area (Å²) >= 11 is 15.8. The standard InChI is InChI=1S/C32H30ClNO5.C26H26BrNO5.C26H26ClNO5.C24H30N2O6/c1-36-30-18-23-15-16-34(32(35)24-9-6-10-25(33)17-24)29(28(23)19-31(30)37-2)21-39-27-13-11-26(12-14-27)38-20-22-7-4-3-5-8-22;2*1-30-20-7-9-21(10-8-20)33-16-23-25-17(14-22(31-2)15-24(25)32-3)11-12-28(23)26(29)18-5-4-6-19(27)13-18;1-28-18-4-6-19(7-5-18)32-16-21-20-15-23(30-3)22(29-2)14-17(20)8-9-26(21)24(27)25-10-12-31-13-11-25/h3-14,17-19,29H,15-16,20-21H2,1-2H3;2*4-10,13-15,23H,11-12,16H2,1-3H3;4-7,14-15,21H,8-13,16H2,1-3H3. The second-order valence-electron chi connectivity index (χ2n) is 32.3. The fourth-order valence-corrected chi connectivity index (χ4v) is 18.0. The average Bonchev–Trinajstić information content (AvgIpc) is 0.801. The van der Waals surface area contributed by atoms with Gasteiger partial charge in [-0.2, -0.15) is 0 Å². The van der Waals surface area contributed by atoms with Crippen LogP contribution in [0, 0.1) is 0 Å². The fourth-order valence-electron chi connectivity index (χ4n) is 17.3. The number of carbonyl (C=O) groups excluding carboxylic acids is 4.